The fourth-order valence-corrected chi connectivity index (χ4v) is 4.10. The first-order valence-corrected chi connectivity index (χ1v) is 10.3. The molecule has 0 fully saturated rings. The maximum absolute atomic E-state index is 12.8. The Labute approximate surface area is 189 Å². The van der Waals surface area contributed by atoms with Crippen LogP contribution in [0.3, 0.4) is 0 Å². The van der Waals surface area contributed by atoms with Crippen molar-refractivity contribution in [3.63, 3.8) is 0 Å². The minimum absolute atomic E-state index is 0.171. The van der Waals surface area contributed by atoms with Crippen molar-refractivity contribution in [1.29, 1.82) is 0 Å². The lowest BCUT2D eigenvalue weighted by molar-refractivity contribution is 0.0585. The van der Waals surface area contributed by atoms with E-state index in [4.69, 9.17) is 21.1 Å². The molecule has 0 aliphatic carbocycles. The third kappa shape index (κ3) is 3.35. The van der Waals surface area contributed by atoms with Crippen molar-refractivity contribution in [2.24, 2.45) is 0 Å². The number of hydrogen-bond donors (Lipinski definition) is 0. The van der Waals surface area contributed by atoms with Gasteiger partial charge in [0.05, 0.1) is 7.11 Å². The van der Waals surface area contributed by atoms with Gasteiger partial charge in [-0.3, -0.25) is 0 Å². The summed E-state index contributed by atoms with van der Waals surface area (Å²) in [6, 6.07) is 23.2. The highest BCUT2D eigenvalue weighted by molar-refractivity contribution is 6.36. The molecule has 2 aromatic heterocycles. The molecule has 0 saturated heterocycles. The predicted molar refractivity (Wildman–Crippen MR) is 123 cm³/mol. The molecule has 3 aromatic carbocycles. The van der Waals surface area contributed by atoms with Gasteiger partial charge in [-0.2, -0.15) is 5.10 Å². The van der Waals surface area contributed by atoms with Crippen molar-refractivity contribution in [2.75, 3.05) is 7.11 Å². The van der Waals surface area contributed by atoms with Gasteiger partial charge < -0.3 is 9.47 Å². The Morgan fingerprint density at radius 3 is 2.44 bits per heavy atom. The Kier molecular flexibility index (Phi) is 5.21. The van der Waals surface area contributed by atoms with Crippen LogP contribution in [0.15, 0.2) is 79.1 Å². The fraction of sp³-hybridized carbons (Fsp3) is 0.0800. The third-order valence-electron chi connectivity index (χ3n) is 5.26. The second-order valence-corrected chi connectivity index (χ2v) is 7.56. The summed E-state index contributed by atoms with van der Waals surface area (Å²) in [5.74, 6) is -0.204. The number of hydrogen-bond acceptors (Lipinski definition) is 5. The zero-order chi connectivity index (χ0) is 22.1. The van der Waals surface area contributed by atoms with Gasteiger partial charge in [-0.25, -0.2) is 14.3 Å². The highest BCUT2D eigenvalue weighted by Crippen LogP contribution is 2.42. The van der Waals surface area contributed by atoms with Crippen LogP contribution >= 0.6 is 11.6 Å². The monoisotopic (exact) mass is 443 g/mol. The van der Waals surface area contributed by atoms with E-state index in [1.54, 1.807) is 6.07 Å². The number of ether oxygens (including phenoxy) is 2. The first kappa shape index (κ1) is 20.0. The molecule has 0 aliphatic heterocycles. The van der Waals surface area contributed by atoms with Crippen LogP contribution in [-0.2, 0) is 11.3 Å². The Balaban J connectivity index is 1.84. The number of pyridine rings is 1. The number of carbonyl (C=O) groups excluding carboxylic acids is 1. The fourth-order valence-electron chi connectivity index (χ4n) is 3.84. The molecular weight excluding hydrogens is 426 g/mol. The molecule has 0 radical (unpaired) electrons. The molecule has 0 N–H and O–H groups in total. The molecule has 0 unspecified atom stereocenters. The summed E-state index contributed by atoms with van der Waals surface area (Å²) in [7, 11) is 1.33. The summed E-state index contributed by atoms with van der Waals surface area (Å²) < 4.78 is 12.8. The van der Waals surface area contributed by atoms with E-state index < -0.39 is 5.97 Å². The Morgan fingerprint density at radius 2 is 1.72 bits per heavy atom. The number of carbonyl (C=O) groups is 1. The summed E-state index contributed by atoms with van der Waals surface area (Å²) >= 11 is 6.67. The highest BCUT2D eigenvalue weighted by Gasteiger charge is 2.26. The lowest BCUT2D eigenvalue weighted by Gasteiger charge is -2.17. The van der Waals surface area contributed by atoms with Crippen molar-refractivity contribution in [1.82, 2.24) is 14.6 Å². The van der Waals surface area contributed by atoms with E-state index in [-0.39, 0.29) is 12.3 Å². The molecule has 0 bridgehead atoms. The number of methoxy groups -OCH3 is 1. The molecule has 6 nitrogen and oxygen atoms in total. The number of benzene rings is 3. The molecule has 0 saturated carbocycles. The van der Waals surface area contributed by atoms with Gasteiger partial charge in [0.1, 0.15) is 12.9 Å². The summed E-state index contributed by atoms with van der Waals surface area (Å²) in [5, 5.41) is 6.31. The van der Waals surface area contributed by atoms with Crippen LogP contribution in [0.1, 0.15) is 16.1 Å². The van der Waals surface area contributed by atoms with Crippen LogP contribution in [0.5, 0.6) is 5.75 Å². The first-order valence-electron chi connectivity index (χ1n) is 9.97. The summed E-state index contributed by atoms with van der Waals surface area (Å²) in [6.07, 6.45) is 1.40. The Bertz CT molecular complexity index is 1430. The molecule has 2 heterocycles. The van der Waals surface area contributed by atoms with Crippen molar-refractivity contribution in [2.45, 2.75) is 6.61 Å². The Morgan fingerprint density at radius 1 is 1.00 bits per heavy atom. The summed E-state index contributed by atoms with van der Waals surface area (Å²) in [5.41, 5.74) is 3.35. The smallest absolute Gasteiger partial charge is 0.360 e. The normalized spacial score (nSPS) is 11.1. The van der Waals surface area contributed by atoms with Crippen LogP contribution in [-0.4, -0.2) is 27.7 Å². The number of fused-ring (bicyclic) bond motifs is 3. The molecule has 7 heteroatoms. The largest absolute Gasteiger partial charge is 0.486 e. The average Bonchev–Trinajstić information content (AvgIpc) is 3.32. The molecule has 0 atom stereocenters. The molecule has 5 aromatic rings. The zero-order valence-electron chi connectivity index (χ0n) is 17.2. The van der Waals surface area contributed by atoms with E-state index in [1.807, 2.05) is 66.7 Å². The summed E-state index contributed by atoms with van der Waals surface area (Å²) in [6.45, 7) is 0.267. The molecule has 32 heavy (non-hydrogen) atoms. The van der Waals surface area contributed by atoms with E-state index in [0.29, 0.717) is 21.8 Å². The maximum Gasteiger partial charge on any atom is 0.360 e. The van der Waals surface area contributed by atoms with E-state index in [2.05, 4.69) is 10.1 Å². The van der Waals surface area contributed by atoms with Gasteiger partial charge in [0.25, 0.3) is 0 Å². The van der Waals surface area contributed by atoms with Gasteiger partial charge in [0.2, 0.25) is 0 Å². The van der Waals surface area contributed by atoms with Crippen molar-refractivity contribution in [3.05, 3.63) is 95.4 Å². The topological polar surface area (TPSA) is 65.7 Å². The summed E-state index contributed by atoms with van der Waals surface area (Å²) in [4.78, 5) is 17.2. The maximum atomic E-state index is 12.8. The van der Waals surface area contributed by atoms with E-state index >= 15 is 0 Å². The third-order valence-corrected chi connectivity index (χ3v) is 5.58. The molecule has 0 aliphatic rings. The average molecular weight is 444 g/mol. The van der Waals surface area contributed by atoms with Crippen LogP contribution < -0.4 is 4.74 Å². The van der Waals surface area contributed by atoms with Gasteiger partial charge in [-0.05, 0) is 23.3 Å². The number of rotatable bonds is 5. The number of aromatic nitrogens is 3. The Hall–Kier alpha value is -3.90. The lowest BCUT2D eigenvalue weighted by atomic mass is 9.98. The SMILES string of the molecule is COC(=O)c1c(OCc2ccccc2)c2ccc(Cl)c(-c3ccccc3)c2c2ncnn12. The quantitative estimate of drug-likeness (QED) is 0.332. The van der Waals surface area contributed by atoms with E-state index in [1.165, 1.54) is 18.0 Å². The molecule has 0 spiro atoms. The van der Waals surface area contributed by atoms with E-state index in [9.17, 15) is 4.79 Å². The molecule has 158 valence electrons. The minimum atomic E-state index is -0.568. The van der Waals surface area contributed by atoms with Crippen LogP contribution in [0, 0.1) is 0 Å². The lowest BCUT2D eigenvalue weighted by Crippen LogP contribution is -2.13. The van der Waals surface area contributed by atoms with Crippen LogP contribution in [0.25, 0.3) is 27.5 Å². The van der Waals surface area contributed by atoms with Gasteiger partial charge in [0, 0.05) is 21.4 Å². The van der Waals surface area contributed by atoms with Crippen LogP contribution in [0.2, 0.25) is 5.02 Å². The van der Waals surface area contributed by atoms with Gasteiger partial charge in [-0.1, -0.05) is 72.3 Å². The number of halogens is 1. The predicted octanol–water partition coefficient (Wildman–Crippen LogP) is 5.57. The second kappa shape index (κ2) is 8.32. The van der Waals surface area contributed by atoms with Crippen molar-refractivity contribution >= 4 is 34.0 Å². The molecule has 5 rings (SSSR count). The van der Waals surface area contributed by atoms with E-state index in [0.717, 1.165) is 22.1 Å². The first-order chi connectivity index (χ1) is 15.7. The number of nitrogens with zero attached hydrogens (tertiary/aromatic N) is 3. The minimum Gasteiger partial charge on any atom is -0.486 e. The van der Waals surface area contributed by atoms with Gasteiger partial charge in [0.15, 0.2) is 17.1 Å². The van der Waals surface area contributed by atoms with Crippen LogP contribution in [0.4, 0.5) is 0 Å². The highest BCUT2D eigenvalue weighted by atomic mass is 35.5. The van der Waals surface area contributed by atoms with Gasteiger partial charge in [-0.15, -0.1) is 0 Å². The molecule has 0 amide bonds. The standard InChI is InChI=1S/C25H18ClN3O3/c1-31-25(30)22-23(32-14-16-8-4-2-5-9-16)18-12-13-19(26)20(17-10-6-3-7-11-17)21(18)24-27-15-28-29(22)24/h2-13,15H,14H2,1H3. The second-order valence-electron chi connectivity index (χ2n) is 7.15. The van der Waals surface area contributed by atoms with Crippen molar-refractivity contribution < 1.29 is 14.3 Å². The zero-order valence-corrected chi connectivity index (χ0v) is 17.9. The number of esters is 1. The van der Waals surface area contributed by atoms with Crippen molar-refractivity contribution in [3.8, 4) is 16.9 Å². The molecular formula is C25H18ClN3O3. The van der Waals surface area contributed by atoms with Gasteiger partial charge >= 0.3 is 5.97 Å².